The first kappa shape index (κ1) is 16.6. The van der Waals surface area contributed by atoms with Gasteiger partial charge in [0, 0.05) is 31.8 Å². The van der Waals surface area contributed by atoms with Crippen molar-refractivity contribution in [2.24, 2.45) is 0 Å². The molecule has 0 bridgehead atoms. The van der Waals surface area contributed by atoms with E-state index in [1.54, 1.807) is 23.2 Å². The first-order valence-electron chi connectivity index (χ1n) is 7.25. The Hall–Kier alpha value is -2.76. The molecule has 1 N–H and O–H groups in total. The average Bonchev–Trinajstić information content (AvgIpc) is 2.52. The maximum Gasteiger partial charge on any atom is 0.226 e. The summed E-state index contributed by atoms with van der Waals surface area (Å²) in [6, 6.07) is 11.1. The fourth-order valence-corrected chi connectivity index (χ4v) is 2.06. The van der Waals surface area contributed by atoms with Gasteiger partial charge in [0.1, 0.15) is 5.82 Å². The molecule has 0 radical (unpaired) electrons. The molecule has 2 aromatic rings. The van der Waals surface area contributed by atoms with Crippen LogP contribution in [0.5, 0.6) is 0 Å². The molecule has 0 spiro atoms. The van der Waals surface area contributed by atoms with Crippen LogP contribution in [0.25, 0.3) is 0 Å². The van der Waals surface area contributed by atoms with Gasteiger partial charge in [0.25, 0.3) is 0 Å². The Morgan fingerprint density at radius 2 is 2.04 bits per heavy atom. The number of halogens is 1. The first-order chi connectivity index (χ1) is 11.0. The molecule has 5 nitrogen and oxygen atoms in total. The Morgan fingerprint density at radius 3 is 2.70 bits per heavy atom. The number of carbonyl (C=O) groups is 2. The molecule has 0 fully saturated rings. The summed E-state index contributed by atoms with van der Waals surface area (Å²) in [5.41, 5.74) is 1.15. The van der Waals surface area contributed by atoms with Gasteiger partial charge in [-0.25, -0.2) is 4.39 Å². The second-order valence-corrected chi connectivity index (χ2v) is 5.07. The second kappa shape index (κ2) is 8.03. The van der Waals surface area contributed by atoms with Gasteiger partial charge in [0.15, 0.2) is 0 Å². The molecule has 1 aromatic heterocycles. The van der Waals surface area contributed by atoms with E-state index < -0.39 is 5.82 Å². The number of benzene rings is 1. The van der Waals surface area contributed by atoms with Crippen molar-refractivity contribution in [1.29, 1.82) is 0 Å². The number of rotatable bonds is 6. The van der Waals surface area contributed by atoms with E-state index in [-0.39, 0.29) is 24.8 Å². The van der Waals surface area contributed by atoms with E-state index in [0.717, 1.165) is 5.69 Å². The van der Waals surface area contributed by atoms with Crippen LogP contribution in [0.2, 0.25) is 0 Å². The minimum atomic E-state index is -0.414. The van der Waals surface area contributed by atoms with Crippen LogP contribution < -0.4 is 5.32 Å². The summed E-state index contributed by atoms with van der Waals surface area (Å²) in [4.78, 5) is 29.3. The predicted molar refractivity (Wildman–Crippen MR) is 85.0 cm³/mol. The SMILES string of the molecule is CC(=O)N(CCC(=O)Nc1cccc(F)c1)Cc1ccccn1. The third kappa shape index (κ3) is 5.50. The number of carbonyl (C=O) groups excluding carboxylic acids is 2. The molecule has 0 saturated carbocycles. The number of aromatic nitrogens is 1. The average molecular weight is 315 g/mol. The number of pyridine rings is 1. The topological polar surface area (TPSA) is 62.3 Å². The van der Waals surface area contributed by atoms with Gasteiger partial charge in [-0.1, -0.05) is 12.1 Å². The molecule has 0 unspecified atom stereocenters. The van der Waals surface area contributed by atoms with Gasteiger partial charge in [-0.15, -0.1) is 0 Å². The Morgan fingerprint density at radius 1 is 1.22 bits per heavy atom. The van der Waals surface area contributed by atoms with Crippen molar-refractivity contribution in [2.75, 3.05) is 11.9 Å². The molecule has 6 heteroatoms. The summed E-state index contributed by atoms with van der Waals surface area (Å²) >= 11 is 0. The van der Waals surface area contributed by atoms with E-state index in [0.29, 0.717) is 12.2 Å². The largest absolute Gasteiger partial charge is 0.337 e. The van der Waals surface area contributed by atoms with Crippen molar-refractivity contribution in [3.8, 4) is 0 Å². The van der Waals surface area contributed by atoms with Crippen molar-refractivity contribution < 1.29 is 14.0 Å². The summed E-state index contributed by atoms with van der Waals surface area (Å²) in [5, 5.41) is 2.61. The summed E-state index contributed by atoms with van der Waals surface area (Å²) in [6.45, 7) is 2.07. The zero-order valence-corrected chi connectivity index (χ0v) is 12.8. The van der Waals surface area contributed by atoms with Crippen molar-refractivity contribution in [3.63, 3.8) is 0 Å². The molecule has 0 saturated heterocycles. The van der Waals surface area contributed by atoms with Crippen LogP contribution in [0.15, 0.2) is 48.7 Å². The van der Waals surface area contributed by atoms with Gasteiger partial charge in [0.2, 0.25) is 11.8 Å². The Kier molecular flexibility index (Phi) is 5.80. The lowest BCUT2D eigenvalue weighted by Gasteiger charge is -2.20. The Labute approximate surface area is 134 Å². The molecule has 2 amide bonds. The van der Waals surface area contributed by atoms with Gasteiger partial charge in [-0.05, 0) is 30.3 Å². The molecule has 0 aliphatic carbocycles. The summed E-state index contributed by atoms with van der Waals surface area (Å²) in [6.07, 6.45) is 1.78. The van der Waals surface area contributed by atoms with Crippen LogP contribution in [-0.4, -0.2) is 28.2 Å². The number of anilines is 1. The molecule has 1 aromatic carbocycles. The lowest BCUT2D eigenvalue weighted by molar-refractivity contribution is -0.130. The molecule has 23 heavy (non-hydrogen) atoms. The normalized spacial score (nSPS) is 10.2. The van der Waals surface area contributed by atoms with E-state index in [9.17, 15) is 14.0 Å². The van der Waals surface area contributed by atoms with Crippen LogP contribution in [0.1, 0.15) is 19.0 Å². The maximum absolute atomic E-state index is 13.1. The number of amides is 2. The molecule has 0 atom stereocenters. The third-order valence-electron chi connectivity index (χ3n) is 3.24. The number of hydrogen-bond donors (Lipinski definition) is 1. The molecule has 120 valence electrons. The van der Waals surface area contributed by atoms with Gasteiger partial charge >= 0.3 is 0 Å². The van der Waals surface area contributed by atoms with Crippen LogP contribution in [0.4, 0.5) is 10.1 Å². The fraction of sp³-hybridized carbons (Fsp3) is 0.235. The van der Waals surface area contributed by atoms with Crippen LogP contribution in [0, 0.1) is 5.82 Å². The van der Waals surface area contributed by atoms with E-state index in [1.807, 2.05) is 12.1 Å². The highest BCUT2D eigenvalue weighted by Gasteiger charge is 2.12. The monoisotopic (exact) mass is 315 g/mol. The number of nitrogens with zero attached hydrogens (tertiary/aromatic N) is 2. The van der Waals surface area contributed by atoms with E-state index in [1.165, 1.54) is 25.1 Å². The number of nitrogens with one attached hydrogen (secondary N) is 1. The molecule has 2 rings (SSSR count). The van der Waals surface area contributed by atoms with Gasteiger partial charge in [0.05, 0.1) is 12.2 Å². The highest BCUT2D eigenvalue weighted by molar-refractivity contribution is 5.91. The highest BCUT2D eigenvalue weighted by atomic mass is 19.1. The Balaban J connectivity index is 1.88. The zero-order chi connectivity index (χ0) is 16.7. The minimum absolute atomic E-state index is 0.128. The van der Waals surface area contributed by atoms with Gasteiger partial charge < -0.3 is 10.2 Å². The van der Waals surface area contributed by atoms with Crippen molar-refractivity contribution in [2.45, 2.75) is 19.9 Å². The molecule has 0 aliphatic rings. The van der Waals surface area contributed by atoms with Crippen LogP contribution in [-0.2, 0) is 16.1 Å². The standard InChI is InChI=1S/C17H18FN3O2/c1-13(22)21(12-16-6-2-3-9-19-16)10-8-17(23)20-15-7-4-5-14(18)11-15/h2-7,9,11H,8,10,12H2,1H3,(H,20,23). The van der Waals surface area contributed by atoms with Gasteiger partial charge in [-0.3, -0.25) is 14.6 Å². The second-order valence-electron chi connectivity index (χ2n) is 5.07. The van der Waals surface area contributed by atoms with Crippen LogP contribution >= 0.6 is 0 Å². The van der Waals surface area contributed by atoms with Crippen molar-refractivity contribution >= 4 is 17.5 Å². The van der Waals surface area contributed by atoms with Crippen LogP contribution in [0.3, 0.4) is 0 Å². The molecule has 0 aliphatic heterocycles. The summed E-state index contributed by atoms with van der Waals surface area (Å²) < 4.78 is 13.1. The highest BCUT2D eigenvalue weighted by Crippen LogP contribution is 2.10. The zero-order valence-electron chi connectivity index (χ0n) is 12.8. The lowest BCUT2D eigenvalue weighted by atomic mass is 10.2. The van der Waals surface area contributed by atoms with E-state index in [2.05, 4.69) is 10.3 Å². The lowest BCUT2D eigenvalue weighted by Crippen LogP contribution is -2.31. The third-order valence-corrected chi connectivity index (χ3v) is 3.24. The Bertz CT molecular complexity index is 677. The van der Waals surface area contributed by atoms with Gasteiger partial charge in [-0.2, -0.15) is 0 Å². The quantitative estimate of drug-likeness (QED) is 0.891. The van der Waals surface area contributed by atoms with Crippen molar-refractivity contribution in [1.82, 2.24) is 9.88 Å². The fourth-order valence-electron chi connectivity index (χ4n) is 2.06. The first-order valence-corrected chi connectivity index (χ1v) is 7.25. The minimum Gasteiger partial charge on any atom is -0.337 e. The van der Waals surface area contributed by atoms with E-state index >= 15 is 0 Å². The van der Waals surface area contributed by atoms with Crippen molar-refractivity contribution in [3.05, 3.63) is 60.2 Å². The summed E-state index contributed by atoms with van der Waals surface area (Å²) in [5.74, 6) is -0.819. The predicted octanol–water partition coefficient (Wildman–Crippen LogP) is 2.60. The molecule has 1 heterocycles. The number of hydrogen-bond acceptors (Lipinski definition) is 3. The van der Waals surface area contributed by atoms with E-state index in [4.69, 9.17) is 0 Å². The molecular weight excluding hydrogens is 297 g/mol. The molecular formula is C17H18FN3O2. The summed E-state index contributed by atoms with van der Waals surface area (Å²) in [7, 11) is 0. The maximum atomic E-state index is 13.1. The smallest absolute Gasteiger partial charge is 0.226 e.